The Kier molecular flexibility index (Phi) is 3.88. The second-order valence-electron chi connectivity index (χ2n) is 5.88. The topological polar surface area (TPSA) is 45.0 Å². The van der Waals surface area contributed by atoms with E-state index < -0.39 is 0 Å². The van der Waals surface area contributed by atoms with Crippen LogP contribution in [0.2, 0.25) is 0 Å². The van der Waals surface area contributed by atoms with Gasteiger partial charge in [0.25, 0.3) is 0 Å². The first-order chi connectivity index (χ1) is 8.97. The van der Waals surface area contributed by atoms with Gasteiger partial charge in [-0.05, 0) is 17.7 Å². The molecule has 19 heavy (non-hydrogen) atoms. The lowest BCUT2D eigenvalue weighted by molar-refractivity contribution is -0.0756. The first-order valence-corrected chi connectivity index (χ1v) is 6.43. The molecule has 0 radical (unpaired) electrons. The molecule has 0 aliphatic carbocycles. The molecule has 1 aliphatic heterocycles. The molecule has 0 atom stereocenters. The summed E-state index contributed by atoms with van der Waals surface area (Å²) in [5, 5.41) is 12.4. The van der Waals surface area contributed by atoms with E-state index in [1.54, 1.807) is 0 Å². The van der Waals surface area contributed by atoms with Crippen molar-refractivity contribution in [1.82, 2.24) is 5.32 Å². The predicted octanol–water partition coefficient (Wildman–Crippen LogP) is 2.23. The third kappa shape index (κ3) is 3.12. The molecule has 4 heteroatoms. The van der Waals surface area contributed by atoms with Crippen LogP contribution >= 0.6 is 0 Å². The van der Waals surface area contributed by atoms with Crippen molar-refractivity contribution in [3.8, 4) is 6.07 Å². The molecule has 1 aliphatic rings. The molecule has 1 saturated heterocycles. The molecule has 0 aromatic heterocycles. The molecule has 102 valence electrons. The highest BCUT2D eigenvalue weighted by molar-refractivity contribution is 5.24. The summed E-state index contributed by atoms with van der Waals surface area (Å²) in [5.74, 6) is -0.220. The lowest BCUT2D eigenvalue weighted by Crippen LogP contribution is -2.50. The van der Waals surface area contributed by atoms with Gasteiger partial charge in [-0.15, -0.1) is 0 Å². The Bertz CT molecular complexity index is 472. The molecule has 2 rings (SSSR count). The van der Waals surface area contributed by atoms with Gasteiger partial charge in [-0.25, -0.2) is 4.39 Å². The van der Waals surface area contributed by atoms with E-state index in [4.69, 9.17) is 10.00 Å². The first-order valence-electron chi connectivity index (χ1n) is 6.43. The molecule has 1 fully saturated rings. The maximum Gasteiger partial charge on any atom is 0.123 e. The maximum absolute atomic E-state index is 12.9. The third-order valence-corrected chi connectivity index (χ3v) is 3.65. The number of nitriles is 1. The molecular weight excluding hydrogens is 243 g/mol. The molecule has 1 aromatic rings. The smallest absolute Gasteiger partial charge is 0.123 e. The Labute approximate surface area is 113 Å². The van der Waals surface area contributed by atoms with Gasteiger partial charge in [0.05, 0.1) is 19.3 Å². The van der Waals surface area contributed by atoms with E-state index in [2.05, 4.69) is 25.2 Å². The van der Waals surface area contributed by atoms with E-state index in [9.17, 15) is 4.39 Å². The predicted molar refractivity (Wildman–Crippen MR) is 71.2 cm³/mol. The molecule has 1 N–H and O–H groups in total. The lowest BCUT2D eigenvalue weighted by atomic mass is 9.83. The number of halogens is 1. The van der Waals surface area contributed by atoms with Crippen LogP contribution in [0.15, 0.2) is 24.3 Å². The second-order valence-corrected chi connectivity index (χ2v) is 5.88. The van der Waals surface area contributed by atoms with E-state index >= 15 is 0 Å². The van der Waals surface area contributed by atoms with Crippen LogP contribution in [0.5, 0.6) is 0 Å². The Morgan fingerprint density at radius 2 is 2.00 bits per heavy atom. The molecule has 1 heterocycles. The Morgan fingerprint density at radius 1 is 1.37 bits per heavy atom. The second kappa shape index (κ2) is 5.28. The van der Waals surface area contributed by atoms with Crippen molar-refractivity contribution in [2.75, 3.05) is 26.3 Å². The minimum absolute atomic E-state index is 0.102. The highest BCUT2D eigenvalue weighted by Gasteiger charge is 2.38. The minimum Gasteiger partial charge on any atom is -0.378 e. The summed E-state index contributed by atoms with van der Waals surface area (Å²) in [4.78, 5) is 0. The molecule has 1 aromatic carbocycles. The van der Waals surface area contributed by atoms with Crippen molar-refractivity contribution < 1.29 is 9.13 Å². The number of nitrogens with one attached hydrogen (secondary N) is 1. The standard InChI is InChI=1S/C15H19FN2O/c1-14(2,12-3-5-13(16)6-4-12)8-18-9-15(7-17)10-19-11-15/h3-6,18H,8-11H2,1-2H3. The summed E-state index contributed by atoms with van der Waals surface area (Å²) in [5.41, 5.74) is 0.616. The largest absolute Gasteiger partial charge is 0.378 e. The van der Waals surface area contributed by atoms with Gasteiger partial charge in [0.1, 0.15) is 11.2 Å². The summed E-state index contributed by atoms with van der Waals surface area (Å²) in [6.07, 6.45) is 0. The van der Waals surface area contributed by atoms with Gasteiger partial charge in [-0.3, -0.25) is 0 Å². The van der Waals surface area contributed by atoms with Crippen molar-refractivity contribution in [3.63, 3.8) is 0 Å². The molecule has 0 bridgehead atoms. The fourth-order valence-corrected chi connectivity index (χ4v) is 2.17. The fourth-order valence-electron chi connectivity index (χ4n) is 2.17. The lowest BCUT2D eigenvalue weighted by Gasteiger charge is -2.36. The van der Waals surface area contributed by atoms with Crippen LogP contribution in [0.3, 0.4) is 0 Å². The quantitative estimate of drug-likeness (QED) is 0.885. The van der Waals surface area contributed by atoms with Gasteiger partial charge in [0.2, 0.25) is 0 Å². The summed E-state index contributed by atoms with van der Waals surface area (Å²) in [6.45, 7) is 6.59. The normalized spacial score (nSPS) is 17.6. The third-order valence-electron chi connectivity index (χ3n) is 3.65. The number of hydrogen-bond donors (Lipinski definition) is 1. The Morgan fingerprint density at radius 3 is 2.47 bits per heavy atom. The summed E-state index contributed by atoms with van der Waals surface area (Å²) < 4.78 is 18.0. The summed E-state index contributed by atoms with van der Waals surface area (Å²) >= 11 is 0. The summed E-state index contributed by atoms with van der Waals surface area (Å²) in [7, 11) is 0. The molecule has 0 saturated carbocycles. The highest BCUT2D eigenvalue weighted by atomic mass is 19.1. The van der Waals surface area contributed by atoms with Crippen LogP contribution in [-0.4, -0.2) is 26.3 Å². The average Bonchev–Trinajstić information content (AvgIpc) is 2.33. The van der Waals surface area contributed by atoms with E-state index in [-0.39, 0.29) is 16.6 Å². The van der Waals surface area contributed by atoms with Crippen molar-refractivity contribution >= 4 is 0 Å². The SMILES string of the molecule is CC(C)(CNCC1(C#N)COC1)c1ccc(F)cc1. The Balaban J connectivity index is 1.91. The maximum atomic E-state index is 12.9. The zero-order chi connectivity index (χ0) is 13.9. The minimum atomic E-state index is -0.362. The zero-order valence-electron chi connectivity index (χ0n) is 11.4. The van der Waals surface area contributed by atoms with Crippen LogP contribution in [0.1, 0.15) is 19.4 Å². The average molecular weight is 262 g/mol. The van der Waals surface area contributed by atoms with Crippen molar-refractivity contribution in [3.05, 3.63) is 35.6 Å². The molecule has 0 amide bonds. The van der Waals surface area contributed by atoms with E-state index in [1.165, 1.54) is 12.1 Å². The van der Waals surface area contributed by atoms with E-state index in [0.717, 1.165) is 12.1 Å². The molecule has 0 spiro atoms. The monoisotopic (exact) mass is 262 g/mol. The summed E-state index contributed by atoms with van der Waals surface area (Å²) in [6, 6.07) is 8.89. The van der Waals surface area contributed by atoms with Crippen LogP contribution in [-0.2, 0) is 10.2 Å². The molecule has 0 unspecified atom stereocenters. The van der Waals surface area contributed by atoms with Crippen LogP contribution < -0.4 is 5.32 Å². The first kappa shape index (κ1) is 14.0. The number of rotatable bonds is 5. The van der Waals surface area contributed by atoms with Gasteiger partial charge < -0.3 is 10.1 Å². The van der Waals surface area contributed by atoms with Crippen LogP contribution in [0.4, 0.5) is 4.39 Å². The molecule has 3 nitrogen and oxygen atoms in total. The zero-order valence-corrected chi connectivity index (χ0v) is 11.4. The van der Waals surface area contributed by atoms with Gasteiger partial charge in [-0.2, -0.15) is 5.26 Å². The molecular formula is C15H19FN2O. The number of nitrogens with zero attached hydrogens (tertiary/aromatic N) is 1. The van der Waals surface area contributed by atoms with Gasteiger partial charge >= 0.3 is 0 Å². The van der Waals surface area contributed by atoms with Gasteiger partial charge in [-0.1, -0.05) is 26.0 Å². The van der Waals surface area contributed by atoms with E-state index in [1.807, 2.05) is 12.1 Å². The highest BCUT2D eigenvalue weighted by Crippen LogP contribution is 2.27. The van der Waals surface area contributed by atoms with Crippen molar-refractivity contribution in [1.29, 1.82) is 5.26 Å². The van der Waals surface area contributed by atoms with Crippen LogP contribution in [0.25, 0.3) is 0 Å². The number of hydrogen-bond acceptors (Lipinski definition) is 3. The van der Waals surface area contributed by atoms with E-state index in [0.29, 0.717) is 19.8 Å². The Hall–Kier alpha value is -1.44. The van der Waals surface area contributed by atoms with Crippen molar-refractivity contribution in [2.24, 2.45) is 5.41 Å². The number of benzene rings is 1. The fraction of sp³-hybridized carbons (Fsp3) is 0.533. The van der Waals surface area contributed by atoms with Gasteiger partial charge in [0.15, 0.2) is 0 Å². The van der Waals surface area contributed by atoms with Crippen molar-refractivity contribution in [2.45, 2.75) is 19.3 Å². The van der Waals surface area contributed by atoms with Gasteiger partial charge in [0, 0.05) is 18.5 Å². The van der Waals surface area contributed by atoms with Crippen LogP contribution in [0, 0.1) is 22.6 Å². The number of ether oxygens (including phenoxy) is 1.